The lowest BCUT2D eigenvalue weighted by Crippen LogP contribution is -2.36. The molecule has 166 valence electrons. The van der Waals surface area contributed by atoms with Gasteiger partial charge < -0.3 is 10.1 Å². The molecular formula is C23H28N2O5S. The standard InChI is InChI=1S/C23H28N2O5S/c1-3-7-17(2)24-22(26)16-30-23(27)19-10-6-11-21(14-19)31(28,29)25-13-12-18-8-4-5-9-20(18)15-25/h4-6,8-11,14,17H,3,7,12-13,15-16H2,1-2H3,(H,24,26)/t17-/m0/s1. The van der Waals surface area contributed by atoms with Crippen molar-refractivity contribution in [1.82, 2.24) is 9.62 Å². The minimum Gasteiger partial charge on any atom is -0.452 e. The van der Waals surface area contributed by atoms with Crippen molar-refractivity contribution in [1.29, 1.82) is 0 Å². The summed E-state index contributed by atoms with van der Waals surface area (Å²) < 4.78 is 32.7. The van der Waals surface area contributed by atoms with E-state index in [1.54, 1.807) is 0 Å². The topological polar surface area (TPSA) is 92.8 Å². The Balaban J connectivity index is 1.67. The Labute approximate surface area is 183 Å². The maximum atomic E-state index is 13.1. The van der Waals surface area contributed by atoms with Gasteiger partial charge in [-0.15, -0.1) is 0 Å². The number of benzene rings is 2. The number of fused-ring (bicyclic) bond motifs is 1. The molecule has 0 radical (unpaired) electrons. The van der Waals surface area contributed by atoms with Gasteiger partial charge in [0.15, 0.2) is 6.61 Å². The van der Waals surface area contributed by atoms with Crippen LogP contribution in [0.4, 0.5) is 0 Å². The van der Waals surface area contributed by atoms with E-state index in [0.717, 1.165) is 24.0 Å². The van der Waals surface area contributed by atoms with Crippen LogP contribution >= 0.6 is 0 Å². The molecule has 2 aromatic rings. The summed E-state index contributed by atoms with van der Waals surface area (Å²) in [7, 11) is -3.77. The summed E-state index contributed by atoms with van der Waals surface area (Å²) in [6.45, 7) is 4.17. The van der Waals surface area contributed by atoms with E-state index in [9.17, 15) is 18.0 Å². The van der Waals surface area contributed by atoms with E-state index in [2.05, 4.69) is 5.32 Å². The van der Waals surface area contributed by atoms with Crippen molar-refractivity contribution in [3.63, 3.8) is 0 Å². The van der Waals surface area contributed by atoms with E-state index in [4.69, 9.17) is 4.74 Å². The molecule has 0 fully saturated rings. The lowest BCUT2D eigenvalue weighted by molar-refractivity contribution is -0.124. The Morgan fingerprint density at radius 1 is 1.13 bits per heavy atom. The van der Waals surface area contributed by atoms with Crippen molar-refractivity contribution < 1.29 is 22.7 Å². The molecule has 0 aliphatic carbocycles. The monoisotopic (exact) mass is 444 g/mol. The summed E-state index contributed by atoms with van der Waals surface area (Å²) in [6.07, 6.45) is 2.41. The van der Waals surface area contributed by atoms with Crippen molar-refractivity contribution in [3.05, 3.63) is 65.2 Å². The van der Waals surface area contributed by atoms with Gasteiger partial charge in [-0.25, -0.2) is 13.2 Å². The highest BCUT2D eigenvalue weighted by atomic mass is 32.2. The van der Waals surface area contributed by atoms with E-state index in [1.165, 1.54) is 28.6 Å². The van der Waals surface area contributed by atoms with E-state index < -0.39 is 22.6 Å². The van der Waals surface area contributed by atoms with Gasteiger partial charge in [-0.2, -0.15) is 4.31 Å². The summed E-state index contributed by atoms with van der Waals surface area (Å²) in [5, 5.41) is 2.76. The SMILES string of the molecule is CCC[C@H](C)NC(=O)COC(=O)c1cccc(S(=O)(=O)N2CCc3ccccc3C2)c1. The summed E-state index contributed by atoms with van der Waals surface area (Å²) in [6, 6.07) is 13.5. The molecular weight excluding hydrogens is 416 g/mol. The smallest absolute Gasteiger partial charge is 0.338 e. The average Bonchev–Trinajstić information content (AvgIpc) is 2.77. The third-order valence-electron chi connectivity index (χ3n) is 5.27. The third kappa shape index (κ3) is 5.71. The summed E-state index contributed by atoms with van der Waals surface area (Å²) in [5.74, 6) is -1.12. The van der Waals surface area contributed by atoms with Gasteiger partial charge in [-0.1, -0.05) is 43.7 Å². The second-order valence-corrected chi connectivity index (χ2v) is 9.66. The van der Waals surface area contributed by atoms with Crippen molar-refractivity contribution >= 4 is 21.9 Å². The number of rotatable bonds is 8. The molecule has 0 bridgehead atoms. The molecule has 0 unspecified atom stereocenters. The number of sulfonamides is 1. The van der Waals surface area contributed by atoms with Crippen LogP contribution < -0.4 is 5.32 Å². The molecule has 1 amide bonds. The first-order chi connectivity index (χ1) is 14.8. The van der Waals surface area contributed by atoms with Crippen LogP contribution in [0.1, 0.15) is 48.2 Å². The maximum Gasteiger partial charge on any atom is 0.338 e. The number of carbonyl (C=O) groups excluding carboxylic acids is 2. The lowest BCUT2D eigenvalue weighted by Gasteiger charge is -2.28. The van der Waals surface area contributed by atoms with Crippen LogP contribution in [-0.4, -0.2) is 43.8 Å². The van der Waals surface area contributed by atoms with Crippen LogP contribution in [0.2, 0.25) is 0 Å². The van der Waals surface area contributed by atoms with E-state index in [1.807, 2.05) is 38.1 Å². The van der Waals surface area contributed by atoms with Crippen LogP contribution in [0, 0.1) is 0 Å². The van der Waals surface area contributed by atoms with Gasteiger partial charge in [-0.3, -0.25) is 4.79 Å². The number of hydrogen-bond acceptors (Lipinski definition) is 5. The van der Waals surface area contributed by atoms with Gasteiger partial charge in [0.1, 0.15) is 0 Å². The predicted molar refractivity (Wildman–Crippen MR) is 117 cm³/mol. The fourth-order valence-corrected chi connectivity index (χ4v) is 5.11. The summed E-state index contributed by atoms with van der Waals surface area (Å²) >= 11 is 0. The molecule has 1 heterocycles. The predicted octanol–water partition coefficient (Wildman–Crippen LogP) is 2.90. The first-order valence-corrected chi connectivity index (χ1v) is 11.9. The zero-order valence-electron chi connectivity index (χ0n) is 17.8. The van der Waals surface area contributed by atoms with Crippen molar-refractivity contribution in [2.45, 2.75) is 50.6 Å². The molecule has 1 N–H and O–H groups in total. The highest BCUT2D eigenvalue weighted by Crippen LogP contribution is 2.25. The second-order valence-electron chi connectivity index (χ2n) is 7.72. The van der Waals surface area contributed by atoms with Crippen molar-refractivity contribution in [3.8, 4) is 0 Å². The van der Waals surface area contributed by atoms with Crippen molar-refractivity contribution in [2.24, 2.45) is 0 Å². The molecule has 0 spiro atoms. The molecule has 7 nitrogen and oxygen atoms in total. The third-order valence-corrected chi connectivity index (χ3v) is 7.11. The van der Waals surface area contributed by atoms with Gasteiger partial charge >= 0.3 is 5.97 Å². The van der Waals surface area contributed by atoms with Crippen LogP contribution in [0.5, 0.6) is 0 Å². The molecule has 31 heavy (non-hydrogen) atoms. The van der Waals surface area contributed by atoms with Crippen LogP contribution in [-0.2, 0) is 32.5 Å². The lowest BCUT2D eigenvalue weighted by atomic mass is 10.0. The maximum absolute atomic E-state index is 13.1. The highest BCUT2D eigenvalue weighted by molar-refractivity contribution is 7.89. The highest BCUT2D eigenvalue weighted by Gasteiger charge is 2.28. The van der Waals surface area contributed by atoms with Crippen molar-refractivity contribution in [2.75, 3.05) is 13.2 Å². The Morgan fingerprint density at radius 3 is 2.61 bits per heavy atom. The largest absolute Gasteiger partial charge is 0.452 e. The van der Waals surface area contributed by atoms with Gasteiger partial charge in [0.2, 0.25) is 10.0 Å². The van der Waals surface area contributed by atoms with Crippen LogP contribution in [0.15, 0.2) is 53.4 Å². The molecule has 1 atom stereocenters. The van der Waals surface area contributed by atoms with Gasteiger partial charge in [0.05, 0.1) is 10.5 Å². The van der Waals surface area contributed by atoms with Crippen LogP contribution in [0.25, 0.3) is 0 Å². The molecule has 1 aliphatic heterocycles. The molecule has 3 rings (SSSR count). The number of nitrogens with zero attached hydrogens (tertiary/aromatic N) is 1. The van der Waals surface area contributed by atoms with Gasteiger partial charge in [0.25, 0.3) is 5.91 Å². The first kappa shape index (κ1) is 23.0. The minimum atomic E-state index is -3.77. The zero-order valence-corrected chi connectivity index (χ0v) is 18.7. The van der Waals surface area contributed by atoms with E-state index in [0.29, 0.717) is 19.5 Å². The normalized spacial score (nSPS) is 15.0. The molecule has 0 saturated heterocycles. The average molecular weight is 445 g/mol. The van der Waals surface area contributed by atoms with Gasteiger partial charge in [0, 0.05) is 19.1 Å². The van der Waals surface area contributed by atoms with Gasteiger partial charge in [-0.05, 0) is 49.1 Å². The second kappa shape index (κ2) is 10.1. The Bertz CT molecular complexity index is 1050. The Morgan fingerprint density at radius 2 is 1.87 bits per heavy atom. The molecule has 1 aliphatic rings. The zero-order chi connectivity index (χ0) is 22.4. The Hall–Kier alpha value is -2.71. The fourth-order valence-electron chi connectivity index (χ4n) is 3.64. The number of hydrogen-bond donors (Lipinski definition) is 1. The Kier molecular flexibility index (Phi) is 7.46. The first-order valence-electron chi connectivity index (χ1n) is 10.4. The molecule has 2 aromatic carbocycles. The fraction of sp³-hybridized carbons (Fsp3) is 0.391. The summed E-state index contributed by atoms with van der Waals surface area (Å²) in [4.78, 5) is 24.3. The van der Waals surface area contributed by atoms with E-state index >= 15 is 0 Å². The number of ether oxygens (including phenoxy) is 1. The molecule has 0 saturated carbocycles. The number of carbonyl (C=O) groups is 2. The number of esters is 1. The number of amides is 1. The van der Waals surface area contributed by atoms with Crippen LogP contribution in [0.3, 0.4) is 0 Å². The quantitative estimate of drug-likeness (QED) is 0.632. The van der Waals surface area contributed by atoms with E-state index in [-0.39, 0.29) is 22.4 Å². The summed E-state index contributed by atoms with van der Waals surface area (Å²) in [5.41, 5.74) is 2.22. The molecule has 8 heteroatoms. The number of nitrogens with one attached hydrogen (secondary N) is 1. The minimum absolute atomic E-state index is 0.000605. The molecule has 0 aromatic heterocycles.